The first-order valence-corrected chi connectivity index (χ1v) is 6.21. The maximum Gasteiger partial charge on any atom is 0.215 e. The highest BCUT2D eigenvalue weighted by molar-refractivity contribution is 7.08. The molecule has 0 aliphatic carbocycles. The number of nitrogens with zero attached hydrogens (tertiary/aromatic N) is 4. The third-order valence-electron chi connectivity index (χ3n) is 2.51. The average molecular weight is 257 g/mol. The summed E-state index contributed by atoms with van der Waals surface area (Å²) in [6.45, 7) is 1.87. The van der Waals surface area contributed by atoms with Crippen molar-refractivity contribution < 1.29 is 0 Å². The molecule has 3 rings (SSSR count). The van der Waals surface area contributed by atoms with Crippen molar-refractivity contribution in [2.24, 2.45) is 0 Å². The molecule has 18 heavy (non-hydrogen) atoms. The van der Waals surface area contributed by atoms with Crippen LogP contribution in [0, 0.1) is 6.92 Å². The Bertz CT molecular complexity index is 685. The number of aryl methyl sites for hydroxylation is 1. The molecule has 0 radical (unpaired) electrons. The molecule has 0 aliphatic heterocycles. The van der Waals surface area contributed by atoms with Gasteiger partial charge in [-0.1, -0.05) is 12.1 Å². The van der Waals surface area contributed by atoms with Gasteiger partial charge in [0.05, 0.1) is 0 Å². The highest BCUT2D eigenvalue weighted by Crippen LogP contribution is 2.23. The van der Waals surface area contributed by atoms with Crippen LogP contribution < -0.4 is 5.73 Å². The smallest absolute Gasteiger partial charge is 0.215 e. The molecule has 2 aromatic heterocycles. The molecule has 2 N–H and O–H groups in total. The molecular formula is C12H11N5S. The Hall–Kier alpha value is -2.21. The van der Waals surface area contributed by atoms with Crippen LogP contribution in [0.1, 0.15) is 5.82 Å². The molecule has 6 heteroatoms. The van der Waals surface area contributed by atoms with E-state index in [9.17, 15) is 0 Å². The summed E-state index contributed by atoms with van der Waals surface area (Å²) in [5.74, 6) is 1.58. The highest BCUT2D eigenvalue weighted by atomic mass is 32.1. The minimum absolute atomic E-state index is 0.718. The predicted octanol–water partition coefficient (Wildman–Crippen LogP) is 2.28. The van der Waals surface area contributed by atoms with Crippen LogP contribution in [0.4, 0.5) is 5.69 Å². The summed E-state index contributed by atoms with van der Waals surface area (Å²) in [5.41, 5.74) is 7.48. The molecule has 0 aliphatic rings. The van der Waals surface area contributed by atoms with E-state index >= 15 is 0 Å². The monoisotopic (exact) mass is 257 g/mol. The van der Waals surface area contributed by atoms with E-state index in [1.165, 1.54) is 11.5 Å². The zero-order valence-electron chi connectivity index (χ0n) is 9.74. The molecule has 5 nitrogen and oxygen atoms in total. The van der Waals surface area contributed by atoms with Crippen LogP contribution in [0.3, 0.4) is 0 Å². The third-order valence-corrected chi connectivity index (χ3v) is 3.32. The Morgan fingerprint density at radius 2 is 2.22 bits per heavy atom. The first kappa shape index (κ1) is 10.9. The van der Waals surface area contributed by atoms with Gasteiger partial charge < -0.3 is 5.73 Å². The van der Waals surface area contributed by atoms with Crippen molar-refractivity contribution in [3.05, 3.63) is 42.5 Å². The van der Waals surface area contributed by atoms with Crippen molar-refractivity contribution >= 4 is 17.2 Å². The maximum atomic E-state index is 5.80. The van der Waals surface area contributed by atoms with Gasteiger partial charge in [0.2, 0.25) is 5.13 Å². The average Bonchev–Trinajstić information content (AvgIpc) is 2.96. The molecule has 0 saturated heterocycles. The zero-order chi connectivity index (χ0) is 12.5. The number of rotatable bonds is 2. The molecule has 0 saturated carbocycles. The van der Waals surface area contributed by atoms with Gasteiger partial charge in [-0.05, 0) is 19.1 Å². The molecule has 0 unspecified atom stereocenters. The van der Waals surface area contributed by atoms with Crippen LogP contribution in [-0.2, 0) is 0 Å². The Morgan fingerprint density at radius 1 is 1.33 bits per heavy atom. The lowest BCUT2D eigenvalue weighted by Crippen LogP contribution is -1.96. The zero-order valence-corrected chi connectivity index (χ0v) is 10.6. The lowest BCUT2D eigenvalue weighted by Gasteiger charge is -2.04. The molecule has 0 bridgehead atoms. The van der Waals surface area contributed by atoms with Crippen molar-refractivity contribution in [3.8, 4) is 16.5 Å². The molecule has 1 aromatic carbocycles. The number of aromatic nitrogens is 4. The summed E-state index contributed by atoms with van der Waals surface area (Å²) < 4.78 is 6.10. The van der Waals surface area contributed by atoms with E-state index in [4.69, 9.17) is 5.73 Å². The summed E-state index contributed by atoms with van der Waals surface area (Å²) in [4.78, 5) is 8.72. The molecule has 3 aromatic rings. The number of nitrogens with two attached hydrogens (primary N) is 1. The predicted molar refractivity (Wildman–Crippen MR) is 71.6 cm³/mol. The number of hydrogen-bond acceptors (Lipinski definition) is 5. The van der Waals surface area contributed by atoms with Crippen molar-refractivity contribution in [1.82, 2.24) is 18.9 Å². The van der Waals surface area contributed by atoms with Gasteiger partial charge in [0.1, 0.15) is 11.6 Å². The topological polar surface area (TPSA) is 69.6 Å². The Balaban J connectivity index is 2.12. The van der Waals surface area contributed by atoms with Crippen molar-refractivity contribution in [2.75, 3.05) is 5.73 Å². The first-order chi connectivity index (χ1) is 8.74. The highest BCUT2D eigenvalue weighted by Gasteiger charge is 2.10. The van der Waals surface area contributed by atoms with Crippen LogP contribution in [-0.4, -0.2) is 18.9 Å². The lowest BCUT2D eigenvalue weighted by molar-refractivity contribution is 1.02. The fourth-order valence-electron chi connectivity index (χ4n) is 1.73. The molecule has 0 amide bonds. The van der Waals surface area contributed by atoms with Gasteiger partial charge in [-0.3, -0.25) is 4.57 Å². The lowest BCUT2D eigenvalue weighted by atomic mass is 10.2. The van der Waals surface area contributed by atoms with Gasteiger partial charge in [0, 0.05) is 35.2 Å². The number of benzene rings is 1. The molecule has 0 spiro atoms. The van der Waals surface area contributed by atoms with Crippen LogP contribution in [0.5, 0.6) is 0 Å². The third kappa shape index (κ3) is 1.86. The van der Waals surface area contributed by atoms with E-state index in [2.05, 4.69) is 14.3 Å². The Labute approximate surface area is 108 Å². The second kappa shape index (κ2) is 4.23. The van der Waals surface area contributed by atoms with Crippen LogP contribution in [0.15, 0.2) is 36.7 Å². The normalized spacial score (nSPS) is 10.7. The second-order valence-corrected chi connectivity index (χ2v) is 4.60. The minimum atomic E-state index is 0.718. The quantitative estimate of drug-likeness (QED) is 0.715. The van der Waals surface area contributed by atoms with E-state index in [0.717, 1.165) is 28.0 Å². The fraction of sp³-hybridized carbons (Fsp3) is 0.0833. The number of anilines is 1. The first-order valence-electron chi connectivity index (χ1n) is 5.44. The summed E-state index contributed by atoms with van der Waals surface area (Å²) in [6, 6.07) is 7.64. The van der Waals surface area contributed by atoms with Crippen LogP contribution in [0.25, 0.3) is 16.5 Å². The Morgan fingerprint density at radius 3 is 2.94 bits per heavy atom. The Kier molecular flexibility index (Phi) is 2.56. The van der Waals surface area contributed by atoms with Gasteiger partial charge in [0.25, 0.3) is 0 Å². The van der Waals surface area contributed by atoms with Crippen molar-refractivity contribution in [3.63, 3.8) is 0 Å². The van der Waals surface area contributed by atoms with Crippen molar-refractivity contribution in [2.45, 2.75) is 6.92 Å². The summed E-state index contributed by atoms with van der Waals surface area (Å²) in [6.07, 6.45) is 3.62. The van der Waals surface area contributed by atoms with Crippen LogP contribution in [0.2, 0.25) is 0 Å². The van der Waals surface area contributed by atoms with Crippen LogP contribution >= 0.6 is 11.5 Å². The second-order valence-electron chi connectivity index (χ2n) is 3.87. The largest absolute Gasteiger partial charge is 0.399 e. The number of imidazole rings is 1. The maximum absolute atomic E-state index is 5.80. The molecule has 2 heterocycles. The molecule has 0 fully saturated rings. The van der Waals surface area contributed by atoms with E-state index in [1.54, 1.807) is 6.20 Å². The van der Waals surface area contributed by atoms with Gasteiger partial charge in [-0.2, -0.15) is 4.37 Å². The molecular weight excluding hydrogens is 246 g/mol. The number of hydrogen-bond donors (Lipinski definition) is 1. The van der Waals surface area contributed by atoms with E-state index in [1.807, 2.05) is 42.0 Å². The number of nitrogen functional groups attached to an aromatic ring is 1. The molecule has 0 atom stereocenters. The summed E-state index contributed by atoms with van der Waals surface area (Å²) in [7, 11) is 0. The standard InChI is InChI=1S/C12H11N5S/c1-8-15-12(18-16-8)17-6-5-14-11(17)9-3-2-4-10(13)7-9/h2-7H,13H2,1H3. The summed E-state index contributed by atoms with van der Waals surface area (Å²) in [5, 5.41) is 0.808. The van der Waals surface area contributed by atoms with Gasteiger partial charge in [0.15, 0.2) is 0 Å². The minimum Gasteiger partial charge on any atom is -0.399 e. The molecule has 90 valence electrons. The van der Waals surface area contributed by atoms with Gasteiger partial charge in [-0.25, -0.2) is 9.97 Å². The van der Waals surface area contributed by atoms with Gasteiger partial charge in [-0.15, -0.1) is 0 Å². The fourth-order valence-corrected chi connectivity index (χ4v) is 2.40. The van der Waals surface area contributed by atoms with E-state index in [0.29, 0.717) is 0 Å². The van der Waals surface area contributed by atoms with E-state index in [-0.39, 0.29) is 0 Å². The summed E-state index contributed by atoms with van der Waals surface area (Å²) >= 11 is 1.35. The van der Waals surface area contributed by atoms with Crippen molar-refractivity contribution in [1.29, 1.82) is 0 Å². The SMILES string of the molecule is Cc1nsc(-n2ccnc2-c2cccc(N)c2)n1. The van der Waals surface area contributed by atoms with E-state index < -0.39 is 0 Å². The van der Waals surface area contributed by atoms with Gasteiger partial charge >= 0.3 is 0 Å².